The number of nitrogens with zero attached hydrogens (tertiary/aromatic N) is 2. The van der Waals surface area contributed by atoms with E-state index in [0.717, 1.165) is 25.0 Å². The molecule has 22 heavy (non-hydrogen) atoms. The average molecular weight is 307 g/mol. The number of benzene rings is 1. The molecule has 1 aliphatic rings. The van der Waals surface area contributed by atoms with Gasteiger partial charge in [0.15, 0.2) is 17.5 Å². The molecule has 4 nitrogen and oxygen atoms in total. The molecule has 0 bridgehead atoms. The van der Waals surface area contributed by atoms with E-state index in [1.807, 2.05) is 11.9 Å². The molecule has 0 radical (unpaired) electrons. The molecule has 0 spiro atoms. The maximum absolute atomic E-state index is 13.5. The summed E-state index contributed by atoms with van der Waals surface area (Å²) in [7, 11) is 1.98. The van der Waals surface area contributed by atoms with E-state index in [1.54, 1.807) is 18.2 Å². The number of ether oxygens (including phenoxy) is 1. The van der Waals surface area contributed by atoms with E-state index in [9.17, 15) is 4.39 Å². The molecule has 0 unspecified atom stereocenters. The predicted molar refractivity (Wildman–Crippen MR) is 87.8 cm³/mol. The first-order valence-corrected chi connectivity index (χ1v) is 8.07. The first kappa shape index (κ1) is 16.6. The number of aliphatic imine (C=N–C) groups is 1. The summed E-state index contributed by atoms with van der Waals surface area (Å²) >= 11 is 0. The van der Waals surface area contributed by atoms with Gasteiger partial charge >= 0.3 is 0 Å². The quantitative estimate of drug-likeness (QED) is 0.593. The number of likely N-dealkylation sites (N-methyl/N-ethyl adjacent to an activating group) is 1. The number of rotatable bonds is 8. The monoisotopic (exact) mass is 307 g/mol. The van der Waals surface area contributed by atoms with E-state index in [0.29, 0.717) is 18.9 Å². The maximum atomic E-state index is 13.5. The number of hydrogen-bond acceptors (Lipinski definition) is 2. The molecule has 0 aromatic heterocycles. The van der Waals surface area contributed by atoms with Gasteiger partial charge in [0.2, 0.25) is 0 Å². The van der Waals surface area contributed by atoms with Crippen LogP contribution in [0.15, 0.2) is 29.3 Å². The molecule has 1 saturated carbocycles. The highest BCUT2D eigenvalue weighted by Crippen LogP contribution is 2.32. The van der Waals surface area contributed by atoms with Gasteiger partial charge in [0.1, 0.15) is 6.61 Å². The van der Waals surface area contributed by atoms with E-state index < -0.39 is 0 Å². The van der Waals surface area contributed by atoms with E-state index in [2.05, 4.69) is 17.2 Å². The van der Waals surface area contributed by atoms with Crippen molar-refractivity contribution in [2.24, 2.45) is 10.9 Å². The minimum absolute atomic E-state index is 0.298. The van der Waals surface area contributed by atoms with Crippen LogP contribution in [0.3, 0.4) is 0 Å². The summed E-state index contributed by atoms with van der Waals surface area (Å²) < 4.78 is 19.0. The Labute approximate surface area is 132 Å². The van der Waals surface area contributed by atoms with Crippen LogP contribution in [0.1, 0.15) is 26.2 Å². The average Bonchev–Trinajstić information content (AvgIpc) is 3.32. The van der Waals surface area contributed by atoms with Crippen LogP contribution in [0, 0.1) is 11.7 Å². The lowest BCUT2D eigenvalue weighted by atomic mass is 10.3. The highest BCUT2D eigenvalue weighted by molar-refractivity contribution is 5.79. The zero-order chi connectivity index (χ0) is 15.8. The molecule has 2 rings (SSSR count). The van der Waals surface area contributed by atoms with Gasteiger partial charge in [-0.1, -0.05) is 25.0 Å². The second-order valence-corrected chi connectivity index (χ2v) is 5.67. The zero-order valence-electron chi connectivity index (χ0n) is 13.5. The molecule has 1 aliphatic carbocycles. The van der Waals surface area contributed by atoms with Crippen LogP contribution in [0.2, 0.25) is 0 Å². The molecule has 1 aromatic rings. The topological polar surface area (TPSA) is 36.9 Å². The number of nitrogens with one attached hydrogen (secondary N) is 1. The van der Waals surface area contributed by atoms with Crippen LogP contribution in [0.5, 0.6) is 5.75 Å². The minimum Gasteiger partial charge on any atom is -0.489 e. The number of halogens is 1. The number of hydrogen-bond donors (Lipinski definition) is 1. The first-order chi connectivity index (χ1) is 10.7. The third kappa shape index (κ3) is 5.54. The third-order valence-corrected chi connectivity index (χ3v) is 3.71. The lowest BCUT2D eigenvalue weighted by Gasteiger charge is -2.22. The molecule has 0 amide bonds. The molecule has 5 heteroatoms. The summed E-state index contributed by atoms with van der Waals surface area (Å²) in [5.41, 5.74) is 0. The largest absolute Gasteiger partial charge is 0.489 e. The smallest absolute Gasteiger partial charge is 0.193 e. The van der Waals surface area contributed by atoms with Crippen molar-refractivity contribution in [2.45, 2.75) is 26.2 Å². The second kappa shape index (κ2) is 8.61. The van der Waals surface area contributed by atoms with Gasteiger partial charge in [0.25, 0.3) is 0 Å². The van der Waals surface area contributed by atoms with E-state index in [-0.39, 0.29) is 5.82 Å². The highest BCUT2D eigenvalue weighted by Gasteiger charge is 2.20. The Morgan fingerprint density at radius 1 is 1.41 bits per heavy atom. The summed E-state index contributed by atoms with van der Waals surface area (Å²) in [5.74, 6) is 1.75. The van der Waals surface area contributed by atoms with Crippen LogP contribution in [-0.4, -0.2) is 44.1 Å². The lowest BCUT2D eigenvalue weighted by molar-refractivity contribution is 0.270. The third-order valence-electron chi connectivity index (χ3n) is 3.71. The lowest BCUT2D eigenvalue weighted by Crippen LogP contribution is -2.41. The molecule has 1 fully saturated rings. The number of guanidine groups is 1. The Kier molecular flexibility index (Phi) is 6.49. The van der Waals surface area contributed by atoms with Crippen molar-refractivity contribution in [1.82, 2.24) is 10.2 Å². The second-order valence-electron chi connectivity index (χ2n) is 5.67. The van der Waals surface area contributed by atoms with Gasteiger partial charge in [-0.05, 0) is 31.4 Å². The molecular formula is C17H26FN3O. The number of para-hydroxylation sites is 1. The van der Waals surface area contributed by atoms with Gasteiger partial charge < -0.3 is 15.0 Å². The molecule has 1 aromatic carbocycles. The van der Waals surface area contributed by atoms with Gasteiger partial charge in [0, 0.05) is 20.1 Å². The van der Waals surface area contributed by atoms with Crippen LogP contribution in [0.25, 0.3) is 0 Å². The van der Waals surface area contributed by atoms with Crippen molar-refractivity contribution < 1.29 is 9.13 Å². The molecular weight excluding hydrogens is 281 g/mol. The summed E-state index contributed by atoms with van der Waals surface area (Å²) in [5, 5.41) is 3.28. The fourth-order valence-corrected chi connectivity index (χ4v) is 2.19. The highest BCUT2D eigenvalue weighted by atomic mass is 19.1. The molecule has 0 saturated heterocycles. The fourth-order valence-electron chi connectivity index (χ4n) is 2.19. The van der Waals surface area contributed by atoms with Gasteiger partial charge in [-0.3, -0.25) is 4.99 Å². The minimum atomic E-state index is -0.324. The summed E-state index contributed by atoms with van der Waals surface area (Å²) in [6, 6.07) is 6.47. The van der Waals surface area contributed by atoms with Crippen LogP contribution < -0.4 is 10.1 Å². The van der Waals surface area contributed by atoms with Crippen molar-refractivity contribution in [2.75, 3.05) is 33.3 Å². The van der Waals surface area contributed by atoms with E-state index in [4.69, 9.17) is 4.74 Å². The van der Waals surface area contributed by atoms with Gasteiger partial charge in [-0.15, -0.1) is 0 Å². The van der Waals surface area contributed by atoms with Crippen LogP contribution in [-0.2, 0) is 0 Å². The summed E-state index contributed by atoms with van der Waals surface area (Å²) in [4.78, 5) is 6.66. The SMILES string of the molecule is CCNC(=NCCC1CC1)N(C)CCOc1ccccc1F. The van der Waals surface area contributed by atoms with Crippen LogP contribution in [0.4, 0.5) is 4.39 Å². The van der Waals surface area contributed by atoms with E-state index >= 15 is 0 Å². The Morgan fingerprint density at radius 2 is 2.18 bits per heavy atom. The van der Waals surface area contributed by atoms with Crippen molar-refractivity contribution in [3.8, 4) is 5.75 Å². The van der Waals surface area contributed by atoms with Crippen molar-refractivity contribution in [3.05, 3.63) is 30.1 Å². The van der Waals surface area contributed by atoms with Gasteiger partial charge in [0.05, 0.1) is 6.54 Å². The molecule has 0 heterocycles. The molecule has 122 valence electrons. The van der Waals surface area contributed by atoms with Crippen LogP contribution >= 0.6 is 0 Å². The fraction of sp³-hybridized carbons (Fsp3) is 0.588. The van der Waals surface area contributed by atoms with E-state index in [1.165, 1.54) is 25.3 Å². The summed E-state index contributed by atoms with van der Waals surface area (Å²) in [6.45, 7) is 4.83. The Morgan fingerprint density at radius 3 is 2.86 bits per heavy atom. The standard InChI is InChI=1S/C17H26FN3O/c1-3-19-17(20-11-10-14-8-9-14)21(2)12-13-22-16-7-5-4-6-15(16)18/h4-7,14H,3,8-13H2,1-2H3,(H,19,20). The molecule has 1 N–H and O–H groups in total. The van der Waals surface area contributed by atoms with Gasteiger partial charge in [-0.25, -0.2) is 4.39 Å². The Bertz CT molecular complexity index is 489. The normalized spacial score (nSPS) is 14.8. The Balaban J connectivity index is 1.76. The molecule has 0 atom stereocenters. The first-order valence-electron chi connectivity index (χ1n) is 8.07. The van der Waals surface area contributed by atoms with Crippen molar-refractivity contribution in [1.29, 1.82) is 0 Å². The predicted octanol–water partition coefficient (Wildman–Crippen LogP) is 2.90. The Hall–Kier alpha value is -1.78. The zero-order valence-corrected chi connectivity index (χ0v) is 13.5. The summed E-state index contributed by atoms with van der Waals surface area (Å²) in [6.07, 6.45) is 3.89. The van der Waals surface area contributed by atoms with Crippen molar-refractivity contribution in [3.63, 3.8) is 0 Å². The van der Waals surface area contributed by atoms with Crippen molar-refractivity contribution >= 4 is 5.96 Å². The molecule has 0 aliphatic heterocycles. The maximum Gasteiger partial charge on any atom is 0.193 e. The van der Waals surface area contributed by atoms with Gasteiger partial charge in [-0.2, -0.15) is 0 Å².